The number of aryl methyl sites for hydroxylation is 2. The van der Waals surface area contributed by atoms with Crippen LogP contribution in [0, 0.1) is 13.8 Å². The van der Waals surface area contributed by atoms with Crippen LogP contribution in [0.15, 0.2) is 12.1 Å². The highest BCUT2D eigenvalue weighted by Gasteiger charge is 2.15. The Bertz CT molecular complexity index is 544. The van der Waals surface area contributed by atoms with Gasteiger partial charge < -0.3 is 20.3 Å². The lowest BCUT2D eigenvalue weighted by molar-refractivity contribution is -0.0507. The van der Waals surface area contributed by atoms with Crippen molar-refractivity contribution in [2.24, 2.45) is 0 Å². The lowest BCUT2D eigenvalue weighted by atomic mass is 10.1. The molecule has 2 N–H and O–H groups in total. The number of alkyl halides is 2. The van der Waals surface area contributed by atoms with Crippen molar-refractivity contribution in [3.8, 4) is 5.75 Å². The van der Waals surface area contributed by atoms with Gasteiger partial charge >= 0.3 is 6.61 Å². The molecule has 1 fully saturated rings. The third kappa shape index (κ3) is 6.76. The van der Waals surface area contributed by atoms with Crippen molar-refractivity contribution in [1.29, 1.82) is 0 Å². The molecule has 0 unspecified atom stereocenters. The molecule has 0 saturated carbocycles. The molecule has 1 aromatic carbocycles. The second-order valence-electron chi connectivity index (χ2n) is 6.02. The van der Waals surface area contributed by atoms with Crippen LogP contribution < -0.4 is 15.4 Å². The number of nitrogens with one attached hydrogen (secondary N) is 2. The van der Waals surface area contributed by atoms with Crippen molar-refractivity contribution in [1.82, 2.24) is 15.5 Å². The zero-order valence-corrected chi connectivity index (χ0v) is 15.4. The Morgan fingerprint density at radius 2 is 1.88 bits per heavy atom. The predicted octanol–water partition coefficient (Wildman–Crippen LogP) is 2.35. The Morgan fingerprint density at radius 1 is 1.28 bits per heavy atom. The number of hydrogen-bond acceptors (Lipinski definition) is 4. The van der Waals surface area contributed by atoms with Gasteiger partial charge in [0.15, 0.2) is 0 Å². The van der Waals surface area contributed by atoms with E-state index in [2.05, 4.69) is 20.3 Å². The van der Waals surface area contributed by atoms with Gasteiger partial charge in [-0.2, -0.15) is 8.78 Å². The molecule has 25 heavy (non-hydrogen) atoms. The van der Waals surface area contributed by atoms with E-state index in [1.165, 1.54) is 0 Å². The summed E-state index contributed by atoms with van der Waals surface area (Å²) in [5, 5.41) is 6.19. The highest BCUT2D eigenvalue weighted by molar-refractivity contribution is 5.94. The van der Waals surface area contributed by atoms with E-state index in [1.54, 1.807) is 26.0 Å². The molecule has 1 saturated heterocycles. The van der Waals surface area contributed by atoms with E-state index in [4.69, 9.17) is 0 Å². The summed E-state index contributed by atoms with van der Waals surface area (Å²) in [6, 6.07) is 3.16. The molecule has 0 aliphatic carbocycles. The first-order valence-corrected chi connectivity index (χ1v) is 8.24. The summed E-state index contributed by atoms with van der Waals surface area (Å²) < 4.78 is 29.3. The van der Waals surface area contributed by atoms with E-state index >= 15 is 0 Å². The second kappa shape index (κ2) is 10.5. The van der Waals surface area contributed by atoms with Crippen molar-refractivity contribution >= 4 is 18.3 Å². The Balaban J connectivity index is 0.00000312. The van der Waals surface area contributed by atoms with Crippen LogP contribution in [0.1, 0.15) is 27.9 Å². The largest absolute Gasteiger partial charge is 0.434 e. The fourth-order valence-corrected chi connectivity index (χ4v) is 2.90. The molecule has 0 aromatic heterocycles. The molecule has 0 radical (unpaired) electrons. The summed E-state index contributed by atoms with van der Waals surface area (Å²) in [6.07, 6.45) is 0.885. The molecular weight excluding hydrogens is 352 g/mol. The van der Waals surface area contributed by atoms with Gasteiger partial charge in [-0.3, -0.25) is 4.79 Å². The van der Waals surface area contributed by atoms with Crippen LogP contribution in [-0.2, 0) is 0 Å². The quantitative estimate of drug-likeness (QED) is 0.716. The van der Waals surface area contributed by atoms with Gasteiger partial charge in [0.05, 0.1) is 0 Å². The Kier molecular flexibility index (Phi) is 9.10. The van der Waals surface area contributed by atoms with E-state index in [0.29, 0.717) is 23.2 Å². The smallest absolute Gasteiger partial charge is 0.387 e. The lowest BCUT2D eigenvalue weighted by Crippen LogP contribution is -2.44. The number of nitrogens with zero attached hydrogens (tertiary/aromatic N) is 1. The van der Waals surface area contributed by atoms with Crippen molar-refractivity contribution in [3.05, 3.63) is 28.8 Å². The molecule has 0 bridgehead atoms. The monoisotopic (exact) mass is 377 g/mol. The number of halogens is 3. The minimum Gasteiger partial charge on any atom is -0.434 e. The standard InChI is InChI=1S/C17H25F2N3O2.ClH/c1-12-10-14(11-13(2)15(12)24-17(18)19)16(23)21-4-3-7-22-8-5-20-6-9-22;/h10-11,17,20H,3-9H2,1-2H3,(H,21,23);1H. The molecule has 8 heteroatoms. The number of rotatable bonds is 7. The van der Waals surface area contributed by atoms with Crippen LogP contribution in [0.3, 0.4) is 0 Å². The minimum atomic E-state index is -2.87. The molecule has 2 rings (SSSR count). The van der Waals surface area contributed by atoms with Gasteiger partial charge in [-0.1, -0.05) is 0 Å². The molecule has 5 nitrogen and oxygen atoms in total. The van der Waals surface area contributed by atoms with Gasteiger partial charge in [0.1, 0.15) is 5.75 Å². The van der Waals surface area contributed by atoms with Gasteiger partial charge in [0.25, 0.3) is 5.91 Å². The van der Waals surface area contributed by atoms with Crippen molar-refractivity contribution in [2.45, 2.75) is 26.9 Å². The van der Waals surface area contributed by atoms with Gasteiger partial charge in [0.2, 0.25) is 0 Å². The fourth-order valence-electron chi connectivity index (χ4n) is 2.90. The number of carbonyl (C=O) groups is 1. The molecule has 0 atom stereocenters. The first-order valence-electron chi connectivity index (χ1n) is 8.24. The van der Waals surface area contributed by atoms with E-state index in [9.17, 15) is 13.6 Å². The first-order chi connectivity index (χ1) is 11.5. The molecule has 1 aliphatic rings. The fraction of sp³-hybridized carbons (Fsp3) is 0.588. The van der Waals surface area contributed by atoms with Crippen LogP contribution in [0.5, 0.6) is 5.75 Å². The molecule has 142 valence electrons. The molecule has 0 spiro atoms. The van der Waals surface area contributed by atoms with Crippen molar-refractivity contribution in [3.63, 3.8) is 0 Å². The summed E-state index contributed by atoms with van der Waals surface area (Å²) in [5.74, 6) is -0.0506. The van der Waals surface area contributed by atoms with Crippen molar-refractivity contribution < 1.29 is 18.3 Å². The Hall–Kier alpha value is -1.44. The van der Waals surface area contributed by atoms with Gasteiger partial charge in [-0.05, 0) is 50.1 Å². The molecule has 1 heterocycles. The average molecular weight is 378 g/mol. The van der Waals surface area contributed by atoms with Crippen LogP contribution in [0.2, 0.25) is 0 Å². The number of hydrogen-bond donors (Lipinski definition) is 2. The third-order valence-electron chi connectivity index (χ3n) is 4.08. The SMILES string of the molecule is Cc1cc(C(=O)NCCCN2CCNCC2)cc(C)c1OC(F)F.Cl. The lowest BCUT2D eigenvalue weighted by Gasteiger charge is -2.27. The number of piperazine rings is 1. The summed E-state index contributed by atoms with van der Waals surface area (Å²) in [5.41, 5.74) is 1.52. The topological polar surface area (TPSA) is 53.6 Å². The average Bonchev–Trinajstić information content (AvgIpc) is 2.55. The summed E-state index contributed by atoms with van der Waals surface area (Å²) in [4.78, 5) is 14.6. The first kappa shape index (κ1) is 21.6. The number of carbonyl (C=O) groups excluding carboxylic acids is 1. The second-order valence-corrected chi connectivity index (χ2v) is 6.02. The summed E-state index contributed by atoms with van der Waals surface area (Å²) >= 11 is 0. The van der Waals surface area contributed by atoms with E-state index in [1.807, 2.05) is 0 Å². The highest BCUT2D eigenvalue weighted by Crippen LogP contribution is 2.26. The predicted molar refractivity (Wildman–Crippen MR) is 96.1 cm³/mol. The highest BCUT2D eigenvalue weighted by atomic mass is 35.5. The van der Waals surface area contributed by atoms with Gasteiger partial charge in [-0.25, -0.2) is 0 Å². The van der Waals surface area contributed by atoms with Crippen LogP contribution >= 0.6 is 12.4 Å². The Labute approximate surface area is 153 Å². The number of ether oxygens (including phenoxy) is 1. The number of amides is 1. The van der Waals surface area contributed by atoms with Crippen LogP contribution in [0.25, 0.3) is 0 Å². The van der Waals surface area contributed by atoms with Crippen LogP contribution in [0.4, 0.5) is 8.78 Å². The minimum absolute atomic E-state index is 0. The van der Waals surface area contributed by atoms with Crippen LogP contribution in [-0.4, -0.2) is 56.7 Å². The molecule has 1 aromatic rings. The van der Waals surface area contributed by atoms with Gasteiger partial charge in [-0.15, -0.1) is 12.4 Å². The molecule has 1 amide bonds. The normalized spacial score (nSPS) is 14.9. The Morgan fingerprint density at radius 3 is 2.44 bits per heavy atom. The molecular formula is C17H26ClF2N3O2. The maximum absolute atomic E-state index is 12.4. The molecule has 1 aliphatic heterocycles. The van der Waals surface area contributed by atoms with E-state index in [0.717, 1.165) is 39.1 Å². The van der Waals surface area contributed by atoms with E-state index in [-0.39, 0.29) is 24.1 Å². The van der Waals surface area contributed by atoms with Gasteiger partial charge in [0, 0.05) is 38.3 Å². The maximum Gasteiger partial charge on any atom is 0.387 e. The zero-order chi connectivity index (χ0) is 17.5. The third-order valence-corrected chi connectivity index (χ3v) is 4.08. The van der Waals surface area contributed by atoms with Crippen molar-refractivity contribution in [2.75, 3.05) is 39.3 Å². The maximum atomic E-state index is 12.4. The number of benzene rings is 1. The summed E-state index contributed by atoms with van der Waals surface area (Å²) in [6.45, 7) is 6.10. The zero-order valence-electron chi connectivity index (χ0n) is 14.6. The van der Waals surface area contributed by atoms with E-state index < -0.39 is 6.61 Å². The summed E-state index contributed by atoms with van der Waals surface area (Å²) in [7, 11) is 0.